The summed E-state index contributed by atoms with van der Waals surface area (Å²) in [4.78, 5) is 28.2. The highest BCUT2D eigenvalue weighted by Crippen LogP contribution is 2.33. The maximum atomic E-state index is 13.6. The number of aromatic nitrogens is 2. The number of aliphatic imine (C=N–C) groups is 1. The van der Waals surface area contributed by atoms with Gasteiger partial charge in [0.05, 0.1) is 36.3 Å². The molecule has 0 spiro atoms. The third-order valence-electron chi connectivity index (χ3n) is 5.81. The molecule has 3 aromatic rings. The van der Waals surface area contributed by atoms with Gasteiger partial charge >= 0.3 is 6.18 Å². The van der Waals surface area contributed by atoms with E-state index in [0.29, 0.717) is 67.0 Å². The summed E-state index contributed by atoms with van der Waals surface area (Å²) >= 11 is 0. The van der Waals surface area contributed by atoms with Gasteiger partial charge in [0.2, 0.25) is 5.95 Å². The van der Waals surface area contributed by atoms with Crippen molar-refractivity contribution in [2.75, 3.05) is 41.8 Å². The van der Waals surface area contributed by atoms with Crippen molar-refractivity contribution in [3.05, 3.63) is 83.6 Å². The lowest BCUT2D eigenvalue weighted by molar-refractivity contribution is -0.139. The fourth-order valence-electron chi connectivity index (χ4n) is 3.78. The molecule has 1 saturated heterocycles. The summed E-state index contributed by atoms with van der Waals surface area (Å²) in [6.07, 6.45) is -1.90. The van der Waals surface area contributed by atoms with Gasteiger partial charge in [-0.1, -0.05) is 12.6 Å². The molecule has 39 heavy (non-hydrogen) atoms. The molecular formula is C26H25F4N7O2. The molecule has 204 valence electrons. The Hall–Kier alpha value is -4.52. The number of benzene rings is 2. The van der Waals surface area contributed by atoms with Gasteiger partial charge in [0.25, 0.3) is 5.91 Å². The lowest BCUT2D eigenvalue weighted by Crippen LogP contribution is -2.37. The molecule has 0 saturated carbocycles. The van der Waals surface area contributed by atoms with Gasteiger partial charge in [-0.05, 0) is 49.0 Å². The van der Waals surface area contributed by atoms with Crippen LogP contribution in [0.25, 0.3) is 0 Å². The zero-order valence-electron chi connectivity index (χ0n) is 20.8. The number of nitrogens with one attached hydrogen (secondary N) is 2. The molecule has 1 aliphatic heterocycles. The Labute approximate surface area is 221 Å². The van der Waals surface area contributed by atoms with E-state index < -0.39 is 23.5 Å². The van der Waals surface area contributed by atoms with Crippen LogP contribution in [0.2, 0.25) is 0 Å². The number of hydrogen-bond acceptors (Lipinski definition) is 7. The molecular weight excluding hydrogens is 518 g/mol. The van der Waals surface area contributed by atoms with Crippen LogP contribution in [0.1, 0.15) is 27.2 Å². The average molecular weight is 544 g/mol. The first-order chi connectivity index (χ1) is 18.6. The molecule has 1 amide bonds. The zero-order chi connectivity index (χ0) is 28.2. The SMILES string of the molecule is C=CNc1cnc(N2CCOCC2)nc1C(N)=Nc1cc(C(=O)Nc2ccc(F)c(C(F)(F)F)c2)ccc1C. The highest BCUT2D eigenvalue weighted by atomic mass is 19.4. The van der Waals surface area contributed by atoms with Crippen LogP contribution in [0.15, 0.2) is 60.4 Å². The van der Waals surface area contributed by atoms with Crippen LogP contribution in [-0.4, -0.2) is 48.0 Å². The number of amides is 1. The summed E-state index contributed by atoms with van der Waals surface area (Å²) in [6.45, 7) is 7.71. The number of rotatable bonds is 7. The van der Waals surface area contributed by atoms with E-state index in [2.05, 4.69) is 32.2 Å². The number of amidine groups is 1. The van der Waals surface area contributed by atoms with Crippen LogP contribution in [0.4, 0.5) is 40.6 Å². The fourth-order valence-corrected chi connectivity index (χ4v) is 3.78. The van der Waals surface area contributed by atoms with E-state index >= 15 is 0 Å². The van der Waals surface area contributed by atoms with Crippen LogP contribution in [0.3, 0.4) is 0 Å². The second-order valence-electron chi connectivity index (χ2n) is 8.52. The number of halogens is 4. The van der Waals surface area contributed by atoms with Gasteiger partial charge in [-0.25, -0.2) is 19.4 Å². The molecule has 4 N–H and O–H groups in total. The van der Waals surface area contributed by atoms with Crippen molar-refractivity contribution in [2.45, 2.75) is 13.1 Å². The van der Waals surface area contributed by atoms with E-state index in [4.69, 9.17) is 10.5 Å². The molecule has 2 heterocycles. The Balaban J connectivity index is 1.63. The van der Waals surface area contributed by atoms with E-state index in [-0.39, 0.29) is 17.1 Å². The number of anilines is 3. The van der Waals surface area contributed by atoms with Crippen molar-refractivity contribution in [3.63, 3.8) is 0 Å². The van der Waals surface area contributed by atoms with Gasteiger partial charge < -0.3 is 26.0 Å². The van der Waals surface area contributed by atoms with Gasteiger partial charge in [0.1, 0.15) is 11.5 Å². The third-order valence-corrected chi connectivity index (χ3v) is 5.81. The summed E-state index contributed by atoms with van der Waals surface area (Å²) in [5.74, 6) is -1.67. The molecule has 0 radical (unpaired) electrons. The lowest BCUT2D eigenvalue weighted by Gasteiger charge is -2.27. The standard InChI is InChI=1S/C26H25F4N7O2/c1-3-32-21-14-33-25(37-8-10-39-11-9-37)36-22(21)23(31)35-20-12-16(5-4-15(20)2)24(38)34-17-6-7-19(27)18(13-17)26(28,29)30/h3-7,12-14,32H,1,8-11H2,2H3,(H2,31,35)(H,34,38). The summed E-state index contributed by atoms with van der Waals surface area (Å²) in [5.41, 5.74) is 6.55. The number of alkyl halides is 3. The number of morpholine rings is 1. The molecule has 4 rings (SSSR count). The lowest BCUT2D eigenvalue weighted by atomic mass is 10.1. The highest BCUT2D eigenvalue weighted by molar-refractivity contribution is 6.06. The van der Waals surface area contributed by atoms with E-state index in [1.54, 1.807) is 19.2 Å². The van der Waals surface area contributed by atoms with Gasteiger partial charge in [-0.2, -0.15) is 13.2 Å². The minimum Gasteiger partial charge on any atom is -0.382 e. The molecule has 1 aromatic heterocycles. The van der Waals surface area contributed by atoms with Crippen LogP contribution >= 0.6 is 0 Å². The predicted octanol–water partition coefficient (Wildman–Crippen LogP) is 4.62. The Morgan fingerprint density at radius 1 is 1.21 bits per heavy atom. The van der Waals surface area contributed by atoms with Crippen molar-refractivity contribution < 1.29 is 27.1 Å². The normalized spacial score (nSPS) is 14.2. The van der Waals surface area contributed by atoms with E-state index in [1.807, 2.05) is 4.90 Å². The minimum absolute atomic E-state index is 0.0327. The first kappa shape index (κ1) is 27.5. The minimum atomic E-state index is -4.91. The third kappa shape index (κ3) is 6.49. The molecule has 0 aliphatic carbocycles. The van der Waals surface area contributed by atoms with Crippen molar-refractivity contribution in [2.24, 2.45) is 10.7 Å². The number of aryl methyl sites for hydroxylation is 1. The van der Waals surface area contributed by atoms with Crippen LogP contribution < -0.4 is 21.3 Å². The molecule has 13 heteroatoms. The van der Waals surface area contributed by atoms with Crippen molar-refractivity contribution >= 4 is 34.8 Å². The summed E-state index contributed by atoms with van der Waals surface area (Å²) in [7, 11) is 0. The van der Waals surface area contributed by atoms with Crippen LogP contribution in [-0.2, 0) is 10.9 Å². The second-order valence-corrected chi connectivity index (χ2v) is 8.52. The number of nitrogens with two attached hydrogens (primary N) is 1. The van der Waals surface area contributed by atoms with Gasteiger partial charge in [-0.3, -0.25) is 4.79 Å². The Morgan fingerprint density at radius 3 is 2.64 bits per heavy atom. The highest BCUT2D eigenvalue weighted by Gasteiger charge is 2.34. The van der Waals surface area contributed by atoms with Gasteiger partial charge in [0.15, 0.2) is 5.84 Å². The Bertz CT molecular complexity index is 1420. The molecule has 0 unspecified atom stereocenters. The molecule has 1 aliphatic rings. The van der Waals surface area contributed by atoms with Crippen LogP contribution in [0, 0.1) is 12.7 Å². The Morgan fingerprint density at radius 2 is 1.95 bits per heavy atom. The topological polar surface area (TPSA) is 118 Å². The van der Waals surface area contributed by atoms with Crippen LogP contribution in [0.5, 0.6) is 0 Å². The molecule has 1 fully saturated rings. The van der Waals surface area contributed by atoms with Gasteiger partial charge in [-0.15, -0.1) is 0 Å². The quantitative estimate of drug-likeness (QED) is 0.226. The maximum Gasteiger partial charge on any atom is 0.419 e. The van der Waals surface area contributed by atoms with Crippen molar-refractivity contribution in [1.29, 1.82) is 0 Å². The predicted molar refractivity (Wildman–Crippen MR) is 140 cm³/mol. The number of ether oxygens (including phenoxy) is 1. The fraction of sp³-hybridized carbons (Fsp3) is 0.231. The van der Waals surface area contributed by atoms with E-state index in [0.717, 1.165) is 6.07 Å². The van der Waals surface area contributed by atoms with Gasteiger partial charge in [0, 0.05) is 24.3 Å². The maximum absolute atomic E-state index is 13.6. The summed E-state index contributed by atoms with van der Waals surface area (Å²) in [6, 6.07) is 6.77. The summed E-state index contributed by atoms with van der Waals surface area (Å²) < 4.78 is 58.1. The molecule has 9 nitrogen and oxygen atoms in total. The largest absolute Gasteiger partial charge is 0.419 e. The summed E-state index contributed by atoms with van der Waals surface area (Å²) in [5, 5.41) is 5.28. The monoisotopic (exact) mass is 543 g/mol. The average Bonchev–Trinajstić information content (AvgIpc) is 2.91. The Kier molecular flexibility index (Phi) is 8.10. The molecule has 0 bridgehead atoms. The van der Waals surface area contributed by atoms with Crippen molar-refractivity contribution in [3.8, 4) is 0 Å². The molecule has 0 atom stereocenters. The number of carbonyl (C=O) groups excluding carboxylic acids is 1. The number of hydrogen-bond donors (Lipinski definition) is 3. The van der Waals surface area contributed by atoms with E-state index in [9.17, 15) is 22.4 Å². The van der Waals surface area contributed by atoms with Crippen molar-refractivity contribution in [1.82, 2.24) is 9.97 Å². The zero-order valence-corrected chi connectivity index (χ0v) is 20.8. The number of carbonyl (C=O) groups is 1. The molecule has 2 aromatic carbocycles. The van der Waals surface area contributed by atoms with E-state index in [1.165, 1.54) is 18.3 Å². The first-order valence-corrected chi connectivity index (χ1v) is 11.8. The number of nitrogens with zero attached hydrogens (tertiary/aromatic N) is 4. The first-order valence-electron chi connectivity index (χ1n) is 11.8. The second kappa shape index (κ2) is 11.5. The smallest absolute Gasteiger partial charge is 0.382 e.